The Labute approximate surface area is 128 Å². The summed E-state index contributed by atoms with van der Waals surface area (Å²) in [5, 5.41) is 0. The fourth-order valence-electron chi connectivity index (χ4n) is 2.78. The van der Waals surface area contributed by atoms with E-state index in [0.29, 0.717) is 0 Å². The standard InChI is InChI=1S/C17H26O2S/c1-2-12-18-15-8-4-5-9-16(15)19-13-17(14-20)10-6-3-7-11-17/h4-5,8-9,20H,2-3,6-7,10-14H2,1H3. The van der Waals surface area contributed by atoms with Crippen molar-refractivity contribution < 1.29 is 9.47 Å². The third kappa shape index (κ3) is 4.08. The Balaban J connectivity index is 1.98. The van der Waals surface area contributed by atoms with Crippen LogP contribution in [-0.4, -0.2) is 19.0 Å². The van der Waals surface area contributed by atoms with Crippen molar-refractivity contribution in [1.82, 2.24) is 0 Å². The largest absolute Gasteiger partial charge is 0.490 e. The van der Waals surface area contributed by atoms with Crippen LogP contribution < -0.4 is 9.47 Å². The molecule has 1 aromatic carbocycles. The first-order chi connectivity index (χ1) is 9.79. The molecule has 0 amide bonds. The Bertz CT molecular complexity index is 400. The van der Waals surface area contributed by atoms with Crippen LogP contribution in [0.15, 0.2) is 24.3 Å². The second-order valence-electron chi connectivity index (χ2n) is 5.80. The van der Waals surface area contributed by atoms with Crippen LogP contribution in [-0.2, 0) is 0 Å². The molecule has 20 heavy (non-hydrogen) atoms. The number of hydrogen-bond acceptors (Lipinski definition) is 3. The molecule has 0 bridgehead atoms. The van der Waals surface area contributed by atoms with E-state index in [9.17, 15) is 0 Å². The van der Waals surface area contributed by atoms with Crippen molar-refractivity contribution in [3.05, 3.63) is 24.3 Å². The van der Waals surface area contributed by atoms with Crippen molar-refractivity contribution >= 4 is 12.6 Å². The van der Waals surface area contributed by atoms with Gasteiger partial charge < -0.3 is 9.47 Å². The van der Waals surface area contributed by atoms with Gasteiger partial charge in [0.05, 0.1) is 13.2 Å². The van der Waals surface area contributed by atoms with Crippen LogP contribution in [0.5, 0.6) is 11.5 Å². The number of thiol groups is 1. The molecule has 3 heteroatoms. The van der Waals surface area contributed by atoms with Crippen molar-refractivity contribution in [2.24, 2.45) is 5.41 Å². The van der Waals surface area contributed by atoms with Crippen molar-refractivity contribution in [1.29, 1.82) is 0 Å². The fraction of sp³-hybridized carbons (Fsp3) is 0.647. The molecular weight excluding hydrogens is 268 g/mol. The Morgan fingerprint density at radius 1 is 1.05 bits per heavy atom. The van der Waals surface area contributed by atoms with Gasteiger partial charge in [-0.1, -0.05) is 38.3 Å². The van der Waals surface area contributed by atoms with Crippen LogP contribution in [0.25, 0.3) is 0 Å². The summed E-state index contributed by atoms with van der Waals surface area (Å²) >= 11 is 4.57. The predicted molar refractivity (Wildman–Crippen MR) is 87.1 cm³/mol. The third-order valence-electron chi connectivity index (χ3n) is 4.09. The molecule has 0 aliphatic heterocycles. The van der Waals surface area contributed by atoms with Gasteiger partial charge in [0.2, 0.25) is 0 Å². The Morgan fingerprint density at radius 3 is 2.30 bits per heavy atom. The number of hydrogen-bond donors (Lipinski definition) is 1. The van der Waals surface area contributed by atoms with E-state index in [1.54, 1.807) is 0 Å². The first-order valence-electron chi connectivity index (χ1n) is 7.75. The maximum Gasteiger partial charge on any atom is 0.161 e. The molecule has 1 fully saturated rings. The quantitative estimate of drug-likeness (QED) is 0.733. The molecule has 0 N–H and O–H groups in total. The molecule has 0 radical (unpaired) electrons. The van der Waals surface area contributed by atoms with Gasteiger partial charge >= 0.3 is 0 Å². The van der Waals surface area contributed by atoms with Crippen molar-refractivity contribution in [2.45, 2.75) is 45.4 Å². The van der Waals surface area contributed by atoms with E-state index in [4.69, 9.17) is 9.47 Å². The Hall–Kier alpha value is -0.830. The zero-order chi connectivity index (χ0) is 14.3. The van der Waals surface area contributed by atoms with Gasteiger partial charge in [-0.15, -0.1) is 0 Å². The van der Waals surface area contributed by atoms with Gasteiger partial charge in [0, 0.05) is 5.41 Å². The number of ether oxygens (including phenoxy) is 2. The van der Waals surface area contributed by atoms with Gasteiger partial charge in [-0.25, -0.2) is 0 Å². The van der Waals surface area contributed by atoms with Crippen LogP contribution in [0, 0.1) is 5.41 Å². The summed E-state index contributed by atoms with van der Waals surface area (Å²) in [6.45, 7) is 3.60. The first-order valence-corrected chi connectivity index (χ1v) is 8.38. The average Bonchev–Trinajstić information content (AvgIpc) is 2.52. The van der Waals surface area contributed by atoms with Crippen LogP contribution in [0.2, 0.25) is 0 Å². The molecule has 0 heterocycles. The molecule has 2 rings (SSSR count). The lowest BCUT2D eigenvalue weighted by molar-refractivity contribution is 0.117. The number of benzene rings is 1. The smallest absolute Gasteiger partial charge is 0.161 e. The second-order valence-corrected chi connectivity index (χ2v) is 6.12. The summed E-state index contributed by atoms with van der Waals surface area (Å²) in [5.74, 6) is 2.64. The molecule has 112 valence electrons. The zero-order valence-corrected chi connectivity index (χ0v) is 13.3. The van der Waals surface area contributed by atoms with Gasteiger partial charge in [0.25, 0.3) is 0 Å². The summed E-state index contributed by atoms with van der Waals surface area (Å²) < 4.78 is 11.8. The highest BCUT2D eigenvalue weighted by Crippen LogP contribution is 2.38. The molecule has 1 saturated carbocycles. The van der Waals surface area contributed by atoms with Gasteiger partial charge in [-0.3, -0.25) is 0 Å². The molecular formula is C17H26O2S. The minimum atomic E-state index is 0.249. The number of para-hydroxylation sites is 2. The van der Waals surface area contributed by atoms with Crippen molar-refractivity contribution in [2.75, 3.05) is 19.0 Å². The van der Waals surface area contributed by atoms with Crippen LogP contribution >= 0.6 is 12.6 Å². The van der Waals surface area contributed by atoms with Crippen LogP contribution in [0.3, 0.4) is 0 Å². The van der Waals surface area contributed by atoms with Crippen LogP contribution in [0.4, 0.5) is 0 Å². The molecule has 0 saturated heterocycles. The maximum atomic E-state index is 6.09. The van der Waals surface area contributed by atoms with E-state index in [0.717, 1.165) is 36.9 Å². The van der Waals surface area contributed by atoms with Crippen molar-refractivity contribution in [3.63, 3.8) is 0 Å². The minimum absolute atomic E-state index is 0.249. The molecule has 1 aliphatic rings. The molecule has 0 spiro atoms. The van der Waals surface area contributed by atoms with E-state index in [2.05, 4.69) is 19.6 Å². The van der Waals surface area contributed by atoms with E-state index in [1.807, 2.05) is 24.3 Å². The summed E-state index contributed by atoms with van der Waals surface area (Å²) in [7, 11) is 0. The monoisotopic (exact) mass is 294 g/mol. The van der Waals surface area contributed by atoms with Gasteiger partial charge in [-0.2, -0.15) is 12.6 Å². The molecule has 0 unspecified atom stereocenters. The highest BCUT2D eigenvalue weighted by Gasteiger charge is 2.31. The SMILES string of the molecule is CCCOc1ccccc1OCC1(CS)CCCCC1. The summed E-state index contributed by atoms with van der Waals surface area (Å²) in [4.78, 5) is 0. The maximum absolute atomic E-state index is 6.09. The average molecular weight is 294 g/mol. The lowest BCUT2D eigenvalue weighted by atomic mass is 9.76. The lowest BCUT2D eigenvalue weighted by Crippen LogP contribution is -2.33. The van der Waals surface area contributed by atoms with E-state index >= 15 is 0 Å². The Kier molecular flexibility index (Phi) is 6.08. The van der Waals surface area contributed by atoms with E-state index < -0.39 is 0 Å². The molecule has 2 nitrogen and oxygen atoms in total. The predicted octanol–water partition coefficient (Wildman–Crippen LogP) is 4.73. The lowest BCUT2D eigenvalue weighted by Gasteiger charge is -2.35. The van der Waals surface area contributed by atoms with E-state index in [1.165, 1.54) is 32.1 Å². The van der Waals surface area contributed by atoms with Gasteiger partial charge in [0.1, 0.15) is 0 Å². The van der Waals surface area contributed by atoms with Crippen LogP contribution in [0.1, 0.15) is 45.4 Å². The topological polar surface area (TPSA) is 18.5 Å². The highest BCUT2D eigenvalue weighted by molar-refractivity contribution is 7.80. The second kappa shape index (κ2) is 7.82. The molecule has 1 aliphatic carbocycles. The Morgan fingerprint density at radius 2 is 1.70 bits per heavy atom. The highest BCUT2D eigenvalue weighted by atomic mass is 32.1. The summed E-state index contributed by atoms with van der Waals surface area (Å²) in [6.07, 6.45) is 7.43. The molecule has 0 atom stereocenters. The normalized spacial score (nSPS) is 17.7. The summed E-state index contributed by atoms with van der Waals surface area (Å²) in [5.41, 5.74) is 0.249. The molecule has 1 aromatic rings. The third-order valence-corrected chi connectivity index (χ3v) is 4.77. The number of rotatable bonds is 7. The zero-order valence-electron chi connectivity index (χ0n) is 12.4. The fourth-order valence-corrected chi connectivity index (χ4v) is 3.19. The van der Waals surface area contributed by atoms with Crippen molar-refractivity contribution in [3.8, 4) is 11.5 Å². The van der Waals surface area contributed by atoms with Gasteiger partial charge in [0.15, 0.2) is 11.5 Å². The molecule has 0 aromatic heterocycles. The minimum Gasteiger partial charge on any atom is -0.490 e. The van der Waals surface area contributed by atoms with E-state index in [-0.39, 0.29) is 5.41 Å². The summed E-state index contributed by atoms with van der Waals surface area (Å²) in [6, 6.07) is 7.98. The van der Waals surface area contributed by atoms with Gasteiger partial charge in [-0.05, 0) is 37.1 Å². The first kappa shape index (κ1) is 15.6.